The molecule has 0 radical (unpaired) electrons. The maximum Gasteiger partial charge on any atom is 0.306 e. The highest BCUT2D eigenvalue weighted by Gasteiger charge is 2.21. The van der Waals surface area contributed by atoms with Gasteiger partial charge in [0.2, 0.25) is 0 Å². The zero-order valence-corrected chi connectivity index (χ0v) is 44.5. The summed E-state index contributed by atoms with van der Waals surface area (Å²) >= 11 is 0. The zero-order chi connectivity index (χ0) is 48.5. The molecule has 0 spiro atoms. The Kier molecular flexibility index (Phi) is 46.5. The molecule has 0 N–H and O–H groups in total. The predicted octanol–water partition coefficient (Wildman–Crippen LogP) is 16.0. The van der Waals surface area contributed by atoms with Crippen molar-refractivity contribution in [3.63, 3.8) is 0 Å². The topological polar surface area (TPSA) is 111 Å². The van der Waals surface area contributed by atoms with E-state index in [0.29, 0.717) is 17.4 Å². The fourth-order valence-electron chi connectivity index (χ4n) is 7.61. The van der Waals surface area contributed by atoms with Gasteiger partial charge in [-0.3, -0.25) is 14.2 Å². The maximum atomic E-state index is 12.7. The van der Waals surface area contributed by atoms with Crippen molar-refractivity contribution >= 4 is 19.8 Å². The smallest absolute Gasteiger partial charge is 0.306 e. The Morgan fingerprint density at radius 3 is 1.32 bits per heavy atom. The van der Waals surface area contributed by atoms with Crippen molar-refractivity contribution in [2.45, 2.75) is 251 Å². The van der Waals surface area contributed by atoms with Crippen LogP contribution >= 0.6 is 7.82 Å². The van der Waals surface area contributed by atoms with E-state index in [-0.39, 0.29) is 32.0 Å². The lowest BCUT2D eigenvalue weighted by Crippen LogP contribution is -2.37. The van der Waals surface area contributed by atoms with Gasteiger partial charge < -0.3 is 27.9 Å². The highest BCUT2D eigenvalue weighted by molar-refractivity contribution is 7.45. The zero-order valence-electron chi connectivity index (χ0n) is 43.6. The van der Waals surface area contributed by atoms with Crippen LogP contribution in [-0.4, -0.2) is 70.0 Å². The number of carbonyl (C=O) groups is 2. The molecule has 0 heterocycles. The van der Waals surface area contributed by atoms with Crippen molar-refractivity contribution in [2.24, 2.45) is 0 Å². The maximum absolute atomic E-state index is 12.7. The number of allylic oxidation sites excluding steroid dienone is 8. The molecular formula is C56H104NO8P. The van der Waals surface area contributed by atoms with E-state index in [2.05, 4.69) is 62.5 Å². The van der Waals surface area contributed by atoms with Crippen LogP contribution in [0.4, 0.5) is 0 Å². The molecule has 0 saturated carbocycles. The third kappa shape index (κ3) is 51.4. The predicted molar refractivity (Wildman–Crippen MR) is 277 cm³/mol. The van der Waals surface area contributed by atoms with Gasteiger partial charge in [-0.2, -0.15) is 0 Å². The lowest BCUT2D eigenvalue weighted by Gasteiger charge is -2.28. The molecule has 66 heavy (non-hydrogen) atoms. The molecule has 0 amide bonds. The SMILES string of the molecule is CC/C=C\C/C=C\C/C=C\CCCCCC(=O)OC(COC(=O)CCCCCCCCCCCCCCCCCCC/C=C\CCCCCCCCCC)COP(=O)([O-])OCC[N+](C)(C)C. The third-order valence-electron chi connectivity index (χ3n) is 11.8. The normalized spacial score (nSPS) is 13.7. The first-order chi connectivity index (χ1) is 32.0. The van der Waals surface area contributed by atoms with Crippen LogP contribution in [0.3, 0.4) is 0 Å². The van der Waals surface area contributed by atoms with Crippen LogP contribution in [0.5, 0.6) is 0 Å². The molecule has 0 aromatic carbocycles. The molecule has 0 aromatic rings. The van der Waals surface area contributed by atoms with Crippen molar-refractivity contribution in [1.82, 2.24) is 0 Å². The Morgan fingerprint density at radius 2 is 0.864 bits per heavy atom. The molecule has 2 atom stereocenters. The second-order valence-electron chi connectivity index (χ2n) is 19.6. The minimum Gasteiger partial charge on any atom is -0.756 e. The third-order valence-corrected chi connectivity index (χ3v) is 12.8. The molecule has 9 nitrogen and oxygen atoms in total. The molecule has 0 bridgehead atoms. The second kappa shape index (κ2) is 48.0. The van der Waals surface area contributed by atoms with Crippen LogP contribution in [0.2, 0.25) is 0 Å². The van der Waals surface area contributed by atoms with E-state index in [1.54, 1.807) is 0 Å². The number of phosphoric ester groups is 1. The summed E-state index contributed by atoms with van der Waals surface area (Å²) in [5, 5.41) is 0. The van der Waals surface area contributed by atoms with Crippen molar-refractivity contribution < 1.29 is 42.1 Å². The van der Waals surface area contributed by atoms with E-state index in [0.717, 1.165) is 57.8 Å². The lowest BCUT2D eigenvalue weighted by atomic mass is 10.0. The van der Waals surface area contributed by atoms with Crippen LogP contribution in [0.1, 0.15) is 245 Å². The number of carbonyl (C=O) groups excluding carboxylic acids is 2. The summed E-state index contributed by atoms with van der Waals surface area (Å²) in [6.07, 6.45) is 58.9. The first-order valence-electron chi connectivity index (χ1n) is 27.3. The van der Waals surface area contributed by atoms with Gasteiger partial charge in [0.25, 0.3) is 7.82 Å². The Bertz CT molecular complexity index is 1260. The fourth-order valence-corrected chi connectivity index (χ4v) is 8.34. The van der Waals surface area contributed by atoms with Crippen molar-refractivity contribution in [2.75, 3.05) is 47.5 Å². The van der Waals surface area contributed by atoms with Gasteiger partial charge in [-0.1, -0.05) is 210 Å². The minimum absolute atomic E-state index is 0.0369. The summed E-state index contributed by atoms with van der Waals surface area (Å²) in [6.45, 7) is 4.10. The van der Waals surface area contributed by atoms with E-state index in [1.165, 1.54) is 154 Å². The number of unbranched alkanes of at least 4 members (excludes halogenated alkanes) is 28. The number of hydrogen-bond donors (Lipinski definition) is 0. The fraction of sp³-hybridized carbons (Fsp3) is 0.821. The van der Waals surface area contributed by atoms with E-state index in [1.807, 2.05) is 21.1 Å². The van der Waals surface area contributed by atoms with Gasteiger partial charge in [0.05, 0.1) is 27.7 Å². The number of hydrogen-bond acceptors (Lipinski definition) is 8. The number of esters is 2. The molecule has 2 unspecified atom stereocenters. The number of phosphoric acid groups is 1. The van der Waals surface area contributed by atoms with Crippen LogP contribution in [0, 0.1) is 0 Å². The average Bonchev–Trinajstić information content (AvgIpc) is 3.27. The van der Waals surface area contributed by atoms with Gasteiger partial charge in [-0.05, 0) is 70.6 Å². The number of rotatable bonds is 50. The van der Waals surface area contributed by atoms with E-state index < -0.39 is 26.5 Å². The second-order valence-corrected chi connectivity index (χ2v) is 21.0. The molecule has 0 aromatic heterocycles. The summed E-state index contributed by atoms with van der Waals surface area (Å²) < 4.78 is 34.0. The molecule has 0 rings (SSSR count). The van der Waals surface area contributed by atoms with Gasteiger partial charge in [-0.25, -0.2) is 0 Å². The molecular weight excluding hydrogens is 846 g/mol. The minimum atomic E-state index is -4.64. The number of likely N-dealkylation sites (N-methyl/N-ethyl adjacent to an activating group) is 1. The molecule has 0 aliphatic heterocycles. The molecule has 10 heteroatoms. The largest absolute Gasteiger partial charge is 0.756 e. The summed E-state index contributed by atoms with van der Waals surface area (Å²) in [6, 6.07) is 0. The quantitative estimate of drug-likeness (QED) is 0.0195. The highest BCUT2D eigenvalue weighted by Crippen LogP contribution is 2.38. The Hall–Kier alpha value is -2.03. The number of quaternary nitrogens is 1. The van der Waals surface area contributed by atoms with Gasteiger partial charge >= 0.3 is 11.9 Å². The van der Waals surface area contributed by atoms with E-state index in [9.17, 15) is 19.0 Å². The van der Waals surface area contributed by atoms with Gasteiger partial charge in [0.1, 0.15) is 19.8 Å². The summed E-state index contributed by atoms with van der Waals surface area (Å²) in [5.41, 5.74) is 0. The van der Waals surface area contributed by atoms with Gasteiger partial charge in [0.15, 0.2) is 6.10 Å². The van der Waals surface area contributed by atoms with E-state index >= 15 is 0 Å². The van der Waals surface area contributed by atoms with Gasteiger partial charge in [-0.15, -0.1) is 0 Å². The molecule has 0 saturated heterocycles. The summed E-state index contributed by atoms with van der Waals surface area (Å²) in [5.74, 6) is -0.862. The first-order valence-corrected chi connectivity index (χ1v) is 28.8. The van der Waals surface area contributed by atoms with Crippen molar-refractivity contribution in [3.8, 4) is 0 Å². The lowest BCUT2D eigenvalue weighted by molar-refractivity contribution is -0.870. The van der Waals surface area contributed by atoms with E-state index in [4.69, 9.17) is 18.5 Å². The molecule has 0 aliphatic rings. The molecule has 386 valence electrons. The van der Waals surface area contributed by atoms with Crippen LogP contribution in [0.25, 0.3) is 0 Å². The van der Waals surface area contributed by atoms with Gasteiger partial charge in [0, 0.05) is 12.8 Å². The Morgan fingerprint density at radius 1 is 0.485 bits per heavy atom. The van der Waals surface area contributed by atoms with Crippen LogP contribution in [-0.2, 0) is 32.7 Å². The Labute approximate surface area is 407 Å². The number of ether oxygens (including phenoxy) is 2. The summed E-state index contributed by atoms with van der Waals surface area (Å²) in [7, 11) is 1.15. The van der Waals surface area contributed by atoms with Crippen LogP contribution < -0.4 is 4.89 Å². The average molecular weight is 950 g/mol. The van der Waals surface area contributed by atoms with Crippen LogP contribution in [0.15, 0.2) is 48.6 Å². The highest BCUT2D eigenvalue weighted by atomic mass is 31.2. The molecule has 0 fully saturated rings. The monoisotopic (exact) mass is 950 g/mol. The van der Waals surface area contributed by atoms with Crippen molar-refractivity contribution in [3.05, 3.63) is 48.6 Å². The molecule has 0 aliphatic carbocycles. The summed E-state index contributed by atoms with van der Waals surface area (Å²) in [4.78, 5) is 37.7. The number of nitrogens with zero attached hydrogens (tertiary/aromatic N) is 1. The Balaban J connectivity index is 4.06. The van der Waals surface area contributed by atoms with Crippen molar-refractivity contribution in [1.29, 1.82) is 0 Å². The standard InChI is InChI=1S/C56H104NO8P/c1-6-8-10-12-14-16-18-20-21-22-23-24-25-26-27-28-29-30-31-32-33-34-35-37-38-40-42-44-46-48-55(58)62-52-54(53-64-66(60,61)63-51-50-57(3,4)5)65-56(59)49-47-45-43-41-39-36-19-17-15-13-11-9-7-2/h9,11,15,17,22-23,36,39,54H,6-8,10,12-14,16,18-21,24-35,37-38,40-53H2,1-5H3/b11-9-,17-15-,23-22-,39-36-. The first kappa shape index (κ1) is 64.0.